The summed E-state index contributed by atoms with van der Waals surface area (Å²) in [6, 6.07) is 5.47. The Labute approximate surface area is 145 Å². The molecule has 6 heteroatoms. The third kappa shape index (κ3) is 2.25. The average Bonchev–Trinajstić information content (AvgIpc) is 3.36. The summed E-state index contributed by atoms with van der Waals surface area (Å²) in [6.45, 7) is 3.77. The second kappa shape index (κ2) is 5.24. The first-order valence-electron chi connectivity index (χ1n) is 8.29. The van der Waals surface area contributed by atoms with Crippen molar-refractivity contribution in [1.29, 1.82) is 0 Å². The molecule has 3 aromatic rings. The Morgan fingerprint density at radius 2 is 2.04 bits per heavy atom. The summed E-state index contributed by atoms with van der Waals surface area (Å²) < 4.78 is 1.81. The van der Waals surface area contributed by atoms with Crippen LogP contribution in [-0.4, -0.2) is 20.6 Å². The minimum Gasteiger partial charge on any atom is -0.508 e. The summed E-state index contributed by atoms with van der Waals surface area (Å²) in [7, 11) is 0. The molecule has 2 aromatic heterocycles. The number of nitrogens with zero attached hydrogens (tertiary/aromatic N) is 2. The zero-order valence-electron chi connectivity index (χ0n) is 14.2. The molecule has 25 heavy (non-hydrogen) atoms. The third-order valence-corrected chi connectivity index (χ3v) is 4.98. The minimum atomic E-state index is -0.585. The quantitative estimate of drug-likeness (QED) is 0.683. The summed E-state index contributed by atoms with van der Waals surface area (Å²) in [6.07, 6.45) is 3.94. The fourth-order valence-electron chi connectivity index (χ4n) is 3.49. The van der Waals surface area contributed by atoms with Gasteiger partial charge in [0.05, 0.1) is 16.8 Å². The molecular formula is C19H20N4O2. The maximum atomic E-state index is 12.0. The van der Waals surface area contributed by atoms with Gasteiger partial charge in [-0.05, 0) is 44.4 Å². The number of pyridine rings is 1. The molecule has 1 aliphatic rings. The molecule has 1 amide bonds. The Hall–Kier alpha value is -3.02. The summed E-state index contributed by atoms with van der Waals surface area (Å²) in [5.41, 5.74) is 16.4. The van der Waals surface area contributed by atoms with Crippen LogP contribution in [-0.2, 0) is 0 Å². The van der Waals surface area contributed by atoms with Crippen LogP contribution in [0.25, 0.3) is 16.6 Å². The number of amides is 1. The average molecular weight is 336 g/mol. The molecule has 0 unspecified atom stereocenters. The van der Waals surface area contributed by atoms with Gasteiger partial charge in [0.15, 0.2) is 0 Å². The van der Waals surface area contributed by atoms with Crippen molar-refractivity contribution in [2.75, 3.05) is 5.73 Å². The SMILES string of the molecule is Cc1ccc(O)c(C)c1-n1c(N)c(C(N)=O)c2cnc(C3CC3)cc21. The number of nitrogen functional groups attached to an aromatic ring is 1. The van der Waals surface area contributed by atoms with E-state index in [1.807, 2.05) is 30.5 Å². The van der Waals surface area contributed by atoms with Crippen molar-refractivity contribution >= 4 is 22.6 Å². The van der Waals surface area contributed by atoms with Crippen molar-refractivity contribution in [1.82, 2.24) is 9.55 Å². The number of carbonyl (C=O) groups excluding carboxylic acids is 1. The van der Waals surface area contributed by atoms with E-state index < -0.39 is 5.91 Å². The van der Waals surface area contributed by atoms with Gasteiger partial charge in [0, 0.05) is 28.8 Å². The van der Waals surface area contributed by atoms with Crippen LogP contribution in [0.4, 0.5) is 5.82 Å². The second-order valence-electron chi connectivity index (χ2n) is 6.74. The first kappa shape index (κ1) is 15.5. The number of phenolic OH excluding ortho intramolecular Hbond substituents is 1. The van der Waals surface area contributed by atoms with E-state index in [9.17, 15) is 9.90 Å². The second-order valence-corrected chi connectivity index (χ2v) is 6.74. The van der Waals surface area contributed by atoms with Crippen LogP contribution in [0, 0.1) is 13.8 Å². The smallest absolute Gasteiger partial charge is 0.253 e. The predicted molar refractivity (Wildman–Crippen MR) is 97.1 cm³/mol. The van der Waals surface area contributed by atoms with Crippen molar-refractivity contribution in [2.24, 2.45) is 5.73 Å². The predicted octanol–water partition coefficient (Wildman–Crippen LogP) is 2.91. The molecule has 0 aliphatic heterocycles. The number of rotatable bonds is 3. The number of aromatic hydroxyl groups is 1. The fourth-order valence-corrected chi connectivity index (χ4v) is 3.49. The summed E-state index contributed by atoms with van der Waals surface area (Å²) in [5, 5.41) is 10.8. The molecule has 0 radical (unpaired) electrons. The summed E-state index contributed by atoms with van der Waals surface area (Å²) in [4.78, 5) is 16.5. The van der Waals surface area contributed by atoms with Crippen LogP contribution >= 0.6 is 0 Å². The van der Waals surface area contributed by atoms with Crippen molar-refractivity contribution in [3.05, 3.63) is 46.8 Å². The monoisotopic (exact) mass is 336 g/mol. The van der Waals surface area contributed by atoms with Crippen molar-refractivity contribution in [3.63, 3.8) is 0 Å². The van der Waals surface area contributed by atoms with Crippen molar-refractivity contribution < 1.29 is 9.90 Å². The molecule has 1 saturated carbocycles. The zero-order chi connectivity index (χ0) is 17.9. The van der Waals surface area contributed by atoms with Crippen molar-refractivity contribution in [2.45, 2.75) is 32.6 Å². The van der Waals surface area contributed by atoms with Crippen LogP contribution in [0.3, 0.4) is 0 Å². The van der Waals surface area contributed by atoms with Gasteiger partial charge in [0.1, 0.15) is 11.6 Å². The molecule has 128 valence electrons. The number of hydrogen-bond donors (Lipinski definition) is 3. The Balaban J connectivity index is 2.13. The molecule has 0 atom stereocenters. The van der Waals surface area contributed by atoms with E-state index in [-0.39, 0.29) is 17.1 Å². The molecule has 0 bridgehead atoms. The van der Waals surface area contributed by atoms with E-state index in [1.165, 1.54) is 0 Å². The number of phenols is 1. The number of hydrogen-bond acceptors (Lipinski definition) is 4. The highest BCUT2D eigenvalue weighted by Gasteiger charge is 2.28. The van der Waals surface area contributed by atoms with Gasteiger partial charge in [-0.3, -0.25) is 14.3 Å². The Morgan fingerprint density at radius 1 is 1.32 bits per heavy atom. The van der Waals surface area contributed by atoms with Gasteiger partial charge in [-0.25, -0.2) is 0 Å². The van der Waals surface area contributed by atoms with E-state index in [4.69, 9.17) is 11.5 Å². The van der Waals surface area contributed by atoms with Gasteiger partial charge in [-0.15, -0.1) is 0 Å². The van der Waals surface area contributed by atoms with Crippen molar-refractivity contribution in [3.8, 4) is 11.4 Å². The molecule has 1 fully saturated rings. The normalized spacial score (nSPS) is 14.2. The highest BCUT2D eigenvalue weighted by Crippen LogP contribution is 2.42. The molecule has 2 heterocycles. The van der Waals surface area contributed by atoms with Gasteiger partial charge in [-0.2, -0.15) is 0 Å². The maximum Gasteiger partial charge on any atom is 0.253 e. The molecule has 0 spiro atoms. The molecule has 4 rings (SSSR count). The number of anilines is 1. The largest absolute Gasteiger partial charge is 0.508 e. The van der Waals surface area contributed by atoms with E-state index >= 15 is 0 Å². The van der Waals surface area contributed by atoms with Gasteiger partial charge >= 0.3 is 0 Å². The molecule has 0 saturated heterocycles. The number of aryl methyl sites for hydroxylation is 1. The van der Waals surface area contributed by atoms with E-state index in [1.54, 1.807) is 12.3 Å². The summed E-state index contributed by atoms with van der Waals surface area (Å²) >= 11 is 0. The molecule has 1 aliphatic carbocycles. The van der Waals surface area contributed by atoms with Gasteiger partial charge < -0.3 is 16.6 Å². The lowest BCUT2D eigenvalue weighted by molar-refractivity contribution is 0.100. The first-order chi connectivity index (χ1) is 11.9. The molecule has 5 N–H and O–H groups in total. The third-order valence-electron chi connectivity index (χ3n) is 4.98. The Bertz CT molecular complexity index is 1030. The highest BCUT2D eigenvalue weighted by molar-refractivity contribution is 6.11. The van der Waals surface area contributed by atoms with Gasteiger partial charge in [-0.1, -0.05) is 6.07 Å². The number of primary amides is 1. The van der Waals surface area contributed by atoms with Crippen LogP contribution in [0.5, 0.6) is 5.75 Å². The van der Waals surface area contributed by atoms with E-state index in [0.29, 0.717) is 16.9 Å². The number of aromatic nitrogens is 2. The van der Waals surface area contributed by atoms with Crippen LogP contribution in [0.15, 0.2) is 24.4 Å². The molecule has 1 aromatic carbocycles. The first-order valence-corrected chi connectivity index (χ1v) is 8.29. The zero-order valence-corrected chi connectivity index (χ0v) is 14.2. The summed E-state index contributed by atoms with van der Waals surface area (Å²) in [5.74, 6) is 0.336. The van der Waals surface area contributed by atoms with Crippen LogP contribution in [0.1, 0.15) is 45.9 Å². The van der Waals surface area contributed by atoms with Gasteiger partial charge in [0.25, 0.3) is 5.91 Å². The van der Waals surface area contributed by atoms with Crippen LogP contribution in [0.2, 0.25) is 0 Å². The van der Waals surface area contributed by atoms with Crippen LogP contribution < -0.4 is 11.5 Å². The molecular weight excluding hydrogens is 316 g/mol. The topological polar surface area (TPSA) is 107 Å². The van der Waals surface area contributed by atoms with E-state index in [2.05, 4.69) is 4.98 Å². The minimum absolute atomic E-state index is 0.180. The maximum absolute atomic E-state index is 12.0. The molecule has 6 nitrogen and oxygen atoms in total. The number of carbonyl (C=O) groups is 1. The standard InChI is InChI=1S/C19H20N4O2/c1-9-3-6-15(24)10(2)17(9)23-14-7-13(11-4-5-11)22-8-12(14)16(18(23)20)19(21)25/h3,6-8,11,24H,4-5,20H2,1-2H3,(H2,21,25). The lowest BCUT2D eigenvalue weighted by Crippen LogP contribution is -2.14. The van der Waals surface area contributed by atoms with E-state index in [0.717, 1.165) is 35.3 Å². The number of fused-ring (bicyclic) bond motifs is 1. The highest BCUT2D eigenvalue weighted by atomic mass is 16.3. The fraction of sp³-hybridized carbons (Fsp3) is 0.263. The Kier molecular flexibility index (Phi) is 3.25. The Morgan fingerprint density at radius 3 is 2.68 bits per heavy atom. The van der Waals surface area contributed by atoms with Gasteiger partial charge in [0.2, 0.25) is 0 Å². The lowest BCUT2D eigenvalue weighted by atomic mass is 10.1. The number of nitrogens with two attached hydrogens (primary N) is 2. The number of benzene rings is 1. The lowest BCUT2D eigenvalue weighted by Gasteiger charge is -2.16.